The number of rotatable bonds is 7. The molecule has 3 aromatic heterocycles. The minimum atomic E-state index is -0.632. The Morgan fingerprint density at radius 1 is 1.19 bits per heavy atom. The Kier molecular flexibility index (Phi) is 5.94. The van der Waals surface area contributed by atoms with Crippen LogP contribution in [0, 0.1) is 17.0 Å². The smallest absolute Gasteiger partial charge is 0.343 e. The molecule has 162 valence electrons. The average Bonchev–Trinajstić information content (AvgIpc) is 3.49. The van der Waals surface area contributed by atoms with Crippen molar-refractivity contribution in [1.82, 2.24) is 20.2 Å². The van der Waals surface area contributed by atoms with Crippen molar-refractivity contribution in [2.75, 3.05) is 6.26 Å². The molecule has 0 saturated heterocycles. The molecule has 1 aromatic carbocycles. The third-order valence-electron chi connectivity index (χ3n) is 4.31. The lowest BCUT2D eigenvalue weighted by molar-refractivity contribution is -0.384. The number of hydrogen-bond donors (Lipinski definition) is 0. The van der Waals surface area contributed by atoms with E-state index in [0.29, 0.717) is 27.9 Å². The van der Waals surface area contributed by atoms with E-state index >= 15 is 0 Å². The van der Waals surface area contributed by atoms with Gasteiger partial charge in [0.1, 0.15) is 10.6 Å². The van der Waals surface area contributed by atoms with Crippen LogP contribution in [-0.4, -0.2) is 37.3 Å². The van der Waals surface area contributed by atoms with E-state index in [9.17, 15) is 14.9 Å². The molecule has 0 spiro atoms. The van der Waals surface area contributed by atoms with Gasteiger partial charge in [0.05, 0.1) is 16.9 Å². The van der Waals surface area contributed by atoms with Crippen molar-refractivity contribution < 1.29 is 23.3 Å². The number of nitro groups is 1. The molecule has 0 aliphatic rings. The van der Waals surface area contributed by atoms with Crippen LogP contribution in [0.15, 0.2) is 56.5 Å². The lowest BCUT2D eigenvalue weighted by Gasteiger charge is -2.10. The largest absolute Gasteiger partial charge is 0.461 e. The van der Waals surface area contributed by atoms with Gasteiger partial charge in [0.25, 0.3) is 11.6 Å². The SMILES string of the molecule is CSc1nc(-c2ccco2)nc(C)c1C(=O)OCc1nnc(-c2ccc([N+](=O)[O-])cc2)o1. The van der Waals surface area contributed by atoms with E-state index in [2.05, 4.69) is 20.2 Å². The highest BCUT2D eigenvalue weighted by atomic mass is 32.2. The molecule has 0 amide bonds. The van der Waals surface area contributed by atoms with Gasteiger partial charge in [-0.2, -0.15) is 0 Å². The molecule has 0 aliphatic heterocycles. The van der Waals surface area contributed by atoms with Crippen molar-refractivity contribution in [1.29, 1.82) is 0 Å². The van der Waals surface area contributed by atoms with E-state index in [1.807, 2.05) is 0 Å². The summed E-state index contributed by atoms with van der Waals surface area (Å²) in [6.07, 6.45) is 3.31. The Morgan fingerprint density at radius 2 is 1.97 bits per heavy atom. The van der Waals surface area contributed by atoms with Crippen molar-refractivity contribution in [3.05, 3.63) is 69.9 Å². The third kappa shape index (κ3) is 4.34. The summed E-state index contributed by atoms with van der Waals surface area (Å²) in [5.41, 5.74) is 1.13. The third-order valence-corrected chi connectivity index (χ3v) is 5.00. The molecule has 4 rings (SSSR count). The first-order chi connectivity index (χ1) is 15.5. The molecule has 3 heterocycles. The summed E-state index contributed by atoms with van der Waals surface area (Å²) in [4.78, 5) is 31.7. The fourth-order valence-corrected chi connectivity index (χ4v) is 3.41. The van der Waals surface area contributed by atoms with Gasteiger partial charge in [-0.1, -0.05) is 0 Å². The van der Waals surface area contributed by atoms with Crippen LogP contribution in [0.3, 0.4) is 0 Å². The van der Waals surface area contributed by atoms with Crippen LogP contribution in [-0.2, 0) is 11.3 Å². The first-order valence-corrected chi connectivity index (χ1v) is 10.4. The van der Waals surface area contributed by atoms with Crippen molar-refractivity contribution >= 4 is 23.4 Å². The first-order valence-electron chi connectivity index (χ1n) is 9.17. The number of nitrogens with zero attached hydrogens (tertiary/aromatic N) is 5. The number of aryl methyl sites for hydroxylation is 1. The minimum Gasteiger partial charge on any atom is -0.461 e. The van der Waals surface area contributed by atoms with Crippen LogP contribution >= 0.6 is 11.8 Å². The van der Waals surface area contributed by atoms with Gasteiger partial charge >= 0.3 is 5.97 Å². The Morgan fingerprint density at radius 3 is 2.62 bits per heavy atom. The molecule has 0 fully saturated rings. The lowest BCUT2D eigenvalue weighted by Crippen LogP contribution is -2.12. The van der Waals surface area contributed by atoms with E-state index in [0.717, 1.165) is 0 Å². The van der Waals surface area contributed by atoms with E-state index < -0.39 is 10.9 Å². The summed E-state index contributed by atoms with van der Waals surface area (Å²) in [6.45, 7) is 1.43. The highest BCUT2D eigenvalue weighted by Gasteiger charge is 2.22. The summed E-state index contributed by atoms with van der Waals surface area (Å²) in [6, 6.07) is 9.11. The fraction of sp³-hybridized carbons (Fsp3) is 0.150. The number of nitro benzene ring substituents is 1. The molecular weight excluding hydrogens is 438 g/mol. The van der Waals surface area contributed by atoms with Crippen LogP contribution in [0.5, 0.6) is 0 Å². The number of hydrogen-bond acceptors (Lipinski definition) is 11. The number of non-ortho nitro benzene ring substituents is 1. The molecule has 0 bridgehead atoms. The molecule has 4 aromatic rings. The highest BCUT2D eigenvalue weighted by molar-refractivity contribution is 7.98. The number of aromatic nitrogens is 4. The molecule has 0 N–H and O–H groups in total. The van der Waals surface area contributed by atoms with Crippen LogP contribution < -0.4 is 0 Å². The summed E-state index contributed by atoms with van der Waals surface area (Å²) >= 11 is 1.28. The molecule has 0 atom stereocenters. The summed E-state index contributed by atoms with van der Waals surface area (Å²) in [7, 11) is 0. The quantitative estimate of drug-likeness (QED) is 0.131. The molecule has 32 heavy (non-hydrogen) atoms. The topological polar surface area (TPSA) is 147 Å². The zero-order chi connectivity index (χ0) is 22.7. The van der Waals surface area contributed by atoms with Gasteiger partial charge in [-0.15, -0.1) is 22.0 Å². The van der Waals surface area contributed by atoms with Gasteiger partial charge in [-0.25, -0.2) is 14.8 Å². The van der Waals surface area contributed by atoms with Crippen LogP contribution in [0.1, 0.15) is 21.9 Å². The van der Waals surface area contributed by atoms with Gasteiger partial charge in [0.15, 0.2) is 18.2 Å². The normalized spacial score (nSPS) is 10.8. The molecule has 12 heteroatoms. The second-order valence-corrected chi connectivity index (χ2v) is 7.17. The number of esters is 1. The lowest BCUT2D eigenvalue weighted by atomic mass is 10.2. The van der Waals surface area contributed by atoms with Crippen molar-refractivity contribution in [3.63, 3.8) is 0 Å². The maximum absolute atomic E-state index is 12.7. The second kappa shape index (κ2) is 8.98. The summed E-state index contributed by atoms with van der Waals surface area (Å²) in [5.74, 6) is 0.458. The second-order valence-electron chi connectivity index (χ2n) is 6.38. The molecule has 11 nitrogen and oxygen atoms in total. The number of carbonyl (C=O) groups excluding carboxylic acids is 1. The predicted molar refractivity (Wildman–Crippen MR) is 112 cm³/mol. The van der Waals surface area contributed by atoms with Crippen LogP contribution in [0.25, 0.3) is 23.0 Å². The van der Waals surface area contributed by atoms with Gasteiger partial charge < -0.3 is 13.6 Å². The zero-order valence-electron chi connectivity index (χ0n) is 16.8. The Hall–Kier alpha value is -4.06. The highest BCUT2D eigenvalue weighted by Crippen LogP contribution is 2.26. The number of carbonyl (C=O) groups is 1. The average molecular weight is 453 g/mol. The van der Waals surface area contributed by atoms with Crippen LogP contribution in [0.2, 0.25) is 0 Å². The molecule has 0 aliphatic carbocycles. The maximum Gasteiger partial charge on any atom is 0.343 e. The molecule has 0 radical (unpaired) electrons. The minimum absolute atomic E-state index is 0.0531. The van der Waals surface area contributed by atoms with Crippen molar-refractivity contribution in [2.24, 2.45) is 0 Å². The first kappa shape index (κ1) is 21.2. The number of thioether (sulfide) groups is 1. The maximum atomic E-state index is 12.7. The Balaban J connectivity index is 1.48. The van der Waals surface area contributed by atoms with Gasteiger partial charge in [0.2, 0.25) is 5.89 Å². The number of ether oxygens (including phenoxy) is 1. The van der Waals surface area contributed by atoms with Crippen molar-refractivity contribution in [2.45, 2.75) is 18.6 Å². The van der Waals surface area contributed by atoms with Crippen LogP contribution in [0.4, 0.5) is 5.69 Å². The number of benzene rings is 1. The standard InChI is InChI=1S/C20H15N5O6S/c1-11-16(19(32-2)22-17(21-11)14-4-3-9-29-14)20(26)30-10-15-23-24-18(31-15)12-5-7-13(8-6-12)25(27)28/h3-9H,10H2,1-2H3. The number of furan rings is 1. The Labute approximate surface area is 185 Å². The molecule has 0 saturated carbocycles. The van der Waals surface area contributed by atoms with E-state index in [4.69, 9.17) is 13.6 Å². The van der Waals surface area contributed by atoms with Gasteiger partial charge in [-0.3, -0.25) is 10.1 Å². The van der Waals surface area contributed by atoms with E-state index in [1.54, 1.807) is 25.3 Å². The van der Waals surface area contributed by atoms with Gasteiger partial charge in [-0.05, 0) is 37.4 Å². The van der Waals surface area contributed by atoms with E-state index in [-0.39, 0.29) is 29.6 Å². The summed E-state index contributed by atoms with van der Waals surface area (Å²) in [5, 5.41) is 18.9. The summed E-state index contributed by atoms with van der Waals surface area (Å²) < 4.78 is 16.1. The van der Waals surface area contributed by atoms with E-state index in [1.165, 1.54) is 42.3 Å². The zero-order valence-corrected chi connectivity index (χ0v) is 17.7. The van der Waals surface area contributed by atoms with Crippen molar-refractivity contribution in [3.8, 4) is 23.0 Å². The molecular formula is C20H15N5O6S. The predicted octanol–water partition coefficient (Wildman–Crippen LogP) is 4.08. The fourth-order valence-electron chi connectivity index (χ4n) is 2.80. The Bertz CT molecular complexity index is 1270. The van der Waals surface area contributed by atoms with Gasteiger partial charge in [0, 0.05) is 17.7 Å². The monoisotopic (exact) mass is 453 g/mol. The molecule has 0 unspecified atom stereocenters.